The van der Waals surface area contributed by atoms with Crippen LogP contribution in [0, 0.1) is 0 Å². The van der Waals surface area contributed by atoms with E-state index in [1.54, 1.807) is 0 Å². The summed E-state index contributed by atoms with van der Waals surface area (Å²) in [5.74, 6) is 2.40. The Morgan fingerprint density at radius 1 is 0.828 bits per heavy atom. The lowest BCUT2D eigenvalue weighted by molar-refractivity contribution is 0.0824. The molecule has 0 amide bonds. The van der Waals surface area contributed by atoms with Crippen LogP contribution < -0.4 is 9.47 Å². The monoisotopic (exact) mass is 410 g/mol. The molecular formula is C25H27ClO3. The Balaban J connectivity index is 1.56. The van der Waals surface area contributed by atoms with Gasteiger partial charge in [-0.3, -0.25) is 0 Å². The molecule has 0 spiro atoms. The molecule has 29 heavy (non-hydrogen) atoms. The first-order chi connectivity index (χ1) is 14.0. The maximum absolute atomic E-state index is 6.01. The van der Waals surface area contributed by atoms with Gasteiger partial charge in [-0.15, -0.1) is 0 Å². The first-order valence-corrected chi connectivity index (χ1v) is 10.2. The van der Waals surface area contributed by atoms with E-state index in [4.69, 9.17) is 25.8 Å². The molecule has 0 radical (unpaired) electrons. The number of rotatable bonds is 9. The first kappa shape index (κ1) is 21.2. The van der Waals surface area contributed by atoms with Crippen molar-refractivity contribution >= 4 is 11.6 Å². The van der Waals surface area contributed by atoms with Crippen molar-refractivity contribution < 1.29 is 14.2 Å². The van der Waals surface area contributed by atoms with Gasteiger partial charge in [-0.05, 0) is 66.6 Å². The van der Waals surface area contributed by atoms with Crippen LogP contribution >= 0.6 is 11.6 Å². The molecule has 0 aromatic heterocycles. The topological polar surface area (TPSA) is 27.7 Å². The van der Waals surface area contributed by atoms with Gasteiger partial charge >= 0.3 is 0 Å². The molecular weight excluding hydrogens is 384 g/mol. The summed E-state index contributed by atoms with van der Waals surface area (Å²) in [5, 5.41) is 0.745. The SMILES string of the molecule is CCOc1ccc(Oc2cccc(COCC(C)(C)c3ccc(Cl)cc3)c2)cc1. The van der Waals surface area contributed by atoms with Gasteiger partial charge in [0.25, 0.3) is 0 Å². The van der Waals surface area contributed by atoms with Crippen molar-refractivity contribution in [3.63, 3.8) is 0 Å². The largest absolute Gasteiger partial charge is 0.494 e. The summed E-state index contributed by atoms with van der Waals surface area (Å²) in [4.78, 5) is 0. The van der Waals surface area contributed by atoms with E-state index in [0.29, 0.717) is 19.8 Å². The summed E-state index contributed by atoms with van der Waals surface area (Å²) in [7, 11) is 0. The van der Waals surface area contributed by atoms with Crippen molar-refractivity contribution in [3.05, 3.63) is 88.9 Å². The third-order valence-electron chi connectivity index (χ3n) is 4.63. The van der Waals surface area contributed by atoms with Crippen molar-refractivity contribution in [3.8, 4) is 17.2 Å². The molecule has 3 nitrogen and oxygen atoms in total. The minimum absolute atomic E-state index is 0.0962. The highest BCUT2D eigenvalue weighted by molar-refractivity contribution is 6.30. The minimum atomic E-state index is -0.0962. The molecule has 0 aliphatic carbocycles. The third-order valence-corrected chi connectivity index (χ3v) is 4.88. The number of halogens is 1. The van der Waals surface area contributed by atoms with E-state index in [1.807, 2.05) is 67.6 Å². The number of hydrogen-bond acceptors (Lipinski definition) is 3. The fourth-order valence-corrected chi connectivity index (χ4v) is 3.14. The third kappa shape index (κ3) is 6.25. The lowest BCUT2D eigenvalue weighted by Gasteiger charge is -2.25. The Bertz CT molecular complexity index is 902. The molecule has 3 aromatic rings. The van der Waals surface area contributed by atoms with Gasteiger partial charge in [-0.2, -0.15) is 0 Å². The molecule has 0 saturated heterocycles. The van der Waals surface area contributed by atoms with Gasteiger partial charge in [0.15, 0.2) is 0 Å². The summed E-state index contributed by atoms with van der Waals surface area (Å²) < 4.78 is 17.4. The smallest absolute Gasteiger partial charge is 0.127 e. The zero-order chi connectivity index (χ0) is 20.7. The molecule has 3 aromatic carbocycles. The second-order valence-electron chi connectivity index (χ2n) is 7.54. The summed E-state index contributed by atoms with van der Waals surface area (Å²) >= 11 is 5.99. The van der Waals surface area contributed by atoms with E-state index >= 15 is 0 Å². The van der Waals surface area contributed by atoms with Crippen molar-refractivity contribution in [2.24, 2.45) is 0 Å². The second kappa shape index (κ2) is 9.82. The van der Waals surface area contributed by atoms with Crippen LogP contribution in [0.4, 0.5) is 0 Å². The van der Waals surface area contributed by atoms with Crippen LogP contribution in [0.5, 0.6) is 17.2 Å². The molecule has 0 saturated carbocycles. The van der Waals surface area contributed by atoms with Gasteiger partial charge in [-0.1, -0.05) is 49.7 Å². The first-order valence-electron chi connectivity index (χ1n) is 9.80. The fourth-order valence-electron chi connectivity index (χ4n) is 3.01. The van der Waals surface area contributed by atoms with E-state index in [9.17, 15) is 0 Å². The molecule has 0 fully saturated rings. The lowest BCUT2D eigenvalue weighted by atomic mass is 9.86. The van der Waals surface area contributed by atoms with E-state index < -0.39 is 0 Å². The molecule has 0 aliphatic rings. The lowest BCUT2D eigenvalue weighted by Crippen LogP contribution is -2.24. The molecule has 0 bridgehead atoms. The average molecular weight is 411 g/mol. The standard InChI is InChI=1S/C25H27ClO3/c1-4-28-22-12-14-23(15-13-22)29-24-7-5-6-19(16-24)17-27-18-25(2,3)20-8-10-21(26)11-9-20/h5-16H,4,17-18H2,1-3H3. The van der Waals surface area contributed by atoms with Gasteiger partial charge in [0.05, 0.1) is 19.8 Å². The molecule has 0 atom stereocenters. The molecule has 0 heterocycles. The normalized spacial score (nSPS) is 11.3. The fraction of sp³-hybridized carbons (Fsp3) is 0.280. The zero-order valence-electron chi connectivity index (χ0n) is 17.2. The van der Waals surface area contributed by atoms with Crippen LogP contribution in [-0.2, 0) is 16.8 Å². The number of hydrogen-bond donors (Lipinski definition) is 0. The van der Waals surface area contributed by atoms with Crippen LogP contribution in [0.2, 0.25) is 5.02 Å². The summed E-state index contributed by atoms with van der Waals surface area (Å²) in [6.07, 6.45) is 0. The summed E-state index contributed by atoms with van der Waals surface area (Å²) in [6.45, 7) is 8.09. The van der Waals surface area contributed by atoms with Crippen molar-refractivity contribution in [2.45, 2.75) is 32.8 Å². The second-order valence-corrected chi connectivity index (χ2v) is 7.97. The summed E-state index contributed by atoms with van der Waals surface area (Å²) in [5.41, 5.74) is 2.18. The Morgan fingerprint density at radius 3 is 2.21 bits per heavy atom. The highest BCUT2D eigenvalue weighted by atomic mass is 35.5. The highest BCUT2D eigenvalue weighted by Gasteiger charge is 2.20. The molecule has 4 heteroatoms. The average Bonchev–Trinajstić information content (AvgIpc) is 2.70. The van der Waals surface area contributed by atoms with Crippen LogP contribution in [0.25, 0.3) is 0 Å². The number of benzene rings is 3. The van der Waals surface area contributed by atoms with E-state index in [0.717, 1.165) is 27.8 Å². The Hall–Kier alpha value is -2.49. The van der Waals surface area contributed by atoms with Crippen LogP contribution in [0.1, 0.15) is 31.9 Å². The van der Waals surface area contributed by atoms with Crippen molar-refractivity contribution in [1.29, 1.82) is 0 Å². The van der Waals surface area contributed by atoms with Crippen LogP contribution in [0.15, 0.2) is 72.8 Å². The molecule has 0 N–H and O–H groups in total. The zero-order valence-corrected chi connectivity index (χ0v) is 17.9. The van der Waals surface area contributed by atoms with Crippen LogP contribution in [0.3, 0.4) is 0 Å². The summed E-state index contributed by atoms with van der Waals surface area (Å²) in [6, 6.07) is 23.5. The molecule has 0 aliphatic heterocycles. The van der Waals surface area contributed by atoms with E-state index in [-0.39, 0.29) is 5.41 Å². The Kier molecular flexibility index (Phi) is 7.18. The van der Waals surface area contributed by atoms with Gasteiger partial charge in [0.2, 0.25) is 0 Å². The maximum atomic E-state index is 6.01. The predicted molar refractivity (Wildman–Crippen MR) is 118 cm³/mol. The molecule has 3 rings (SSSR count). The number of ether oxygens (including phenoxy) is 3. The maximum Gasteiger partial charge on any atom is 0.127 e. The van der Waals surface area contributed by atoms with Gasteiger partial charge in [0.1, 0.15) is 17.2 Å². The van der Waals surface area contributed by atoms with Gasteiger partial charge in [0, 0.05) is 10.4 Å². The van der Waals surface area contributed by atoms with Crippen LogP contribution in [-0.4, -0.2) is 13.2 Å². The molecule has 0 unspecified atom stereocenters. The predicted octanol–water partition coefficient (Wildman–Crippen LogP) is 7.03. The molecule has 152 valence electrons. The highest BCUT2D eigenvalue weighted by Crippen LogP contribution is 2.27. The Labute approximate surface area is 178 Å². The van der Waals surface area contributed by atoms with E-state index in [2.05, 4.69) is 26.0 Å². The van der Waals surface area contributed by atoms with Crippen molar-refractivity contribution in [1.82, 2.24) is 0 Å². The quantitative estimate of drug-likeness (QED) is 0.379. The van der Waals surface area contributed by atoms with Gasteiger partial charge < -0.3 is 14.2 Å². The minimum Gasteiger partial charge on any atom is -0.494 e. The Morgan fingerprint density at radius 2 is 1.52 bits per heavy atom. The van der Waals surface area contributed by atoms with E-state index in [1.165, 1.54) is 5.56 Å². The van der Waals surface area contributed by atoms with Gasteiger partial charge in [-0.25, -0.2) is 0 Å². The van der Waals surface area contributed by atoms with Crippen molar-refractivity contribution in [2.75, 3.05) is 13.2 Å².